The van der Waals surface area contributed by atoms with Crippen LogP contribution in [0.1, 0.15) is 38.3 Å². The van der Waals surface area contributed by atoms with Crippen molar-refractivity contribution in [2.24, 2.45) is 11.8 Å². The van der Waals surface area contributed by atoms with Gasteiger partial charge in [0.1, 0.15) is 5.76 Å². The van der Waals surface area contributed by atoms with Gasteiger partial charge in [0.15, 0.2) is 0 Å². The van der Waals surface area contributed by atoms with Crippen LogP contribution >= 0.6 is 0 Å². The Bertz CT molecular complexity index is 313. The molecule has 15 heavy (non-hydrogen) atoms. The van der Waals surface area contributed by atoms with Crippen LogP contribution in [-0.2, 0) is 6.54 Å². The van der Waals surface area contributed by atoms with E-state index in [1.165, 1.54) is 12.8 Å². The Morgan fingerprint density at radius 2 is 2.27 bits per heavy atom. The zero-order valence-electron chi connectivity index (χ0n) is 9.79. The molecule has 0 aliphatic heterocycles. The molecule has 1 aromatic heterocycles. The molecule has 84 valence electrons. The van der Waals surface area contributed by atoms with Crippen LogP contribution in [0, 0.1) is 18.8 Å². The van der Waals surface area contributed by atoms with Gasteiger partial charge in [0.05, 0.1) is 12.7 Å². The molecule has 0 unspecified atom stereocenters. The standard InChI is InChI=1S/C12H20N2O/c1-8(2)10-4-11(5-10)13-7-12-14-6-9(3)15-12/h6,8,10-11,13H,4-5,7H2,1-3H3. The molecule has 1 saturated carbocycles. The van der Waals surface area contributed by atoms with E-state index in [1.807, 2.05) is 6.92 Å². The zero-order valence-corrected chi connectivity index (χ0v) is 9.79. The Labute approximate surface area is 91.3 Å². The molecule has 0 saturated heterocycles. The molecule has 3 heteroatoms. The van der Waals surface area contributed by atoms with Gasteiger partial charge in [-0.3, -0.25) is 0 Å². The van der Waals surface area contributed by atoms with Gasteiger partial charge in [0, 0.05) is 6.04 Å². The van der Waals surface area contributed by atoms with E-state index < -0.39 is 0 Å². The van der Waals surface area contributed by atoms with Gasteiger partial charge in [-0.05, 0) is 31.6 Å². The fraction of sp³-hybridized carbons (Fsp3) is 0.750. The Kier molecular flexibility index (Phi) is 3.10. The summed E-state index contributed by atoms with van der Waals surface area (Å²) in [5.41, 5.74) is 0. The van der Waals surface area contributed by atoms with E-state index in [0.29, 0.717) is 6.04 Å². The van der Waals surface area contributed by atoms with E-state index in [-0.39, 0.29) is 0 Å². The van der Waals surface area contributed by atoms with Crippen molar-refractivity contribution in [1.82, 2.24) is 10.3 Å². The fourth-order valence-electron chi connectivity index (χ4n) is 2.09. The Balaban J connectivity index is 1.68. The largest absolute Gasteiger partial charge is 0.445 e. The van der Waals surface area contributed by atoms with Gasteiger partial charge in [-0.15, -0.1) is 0 Å². The number of aromatic nitrogens is 1. The van der Waals surface area contributed by atoms with Crippen LogP contribution in [0.15, 0.2) is 10.6 Å². The monoisotopic (exact) mass is 208 g/mol. The first kappa shape index (κ1) is 10.7. The number of oxazole rings is 1. The SMILES string of the molecule is Cc1cnc(CNC2CC(C(C)C)C2)o1. The Morgan fingerprint density at radius 3 is 2.80 bits per heavy atom. The molecular weight excluding hydrogens is 188 g/mol. The summed E-state index contributed by atoms with van der Waals surface area (Å²) >= 11 is 0. The highest BCUT2D eigenvalue weighted by atomic mass is 16.4. The van der Waals surface area contributed by atoms with E-state index in [0.717, 1.165) is 30.0 Å². The highest BCUT2D eigenvalue weighted by Gasteiger charge is 2.30. The first-order valence-electron chi connectivity index (χ1n) is 5.80. The second-order valence-corrected chi connectivity index (χ2v) is 4.92. The molecule has 3 nitrogen and oxygen atoms in total. The summed E-state index contributed by atoms with van der Waals surface area (Å²) in [5.74, 6) is 3.43. The third-order valence-corrected chi connectivity index (χ3v) is 3.33. The molecule has 1 N–H and O–H groups in total. The maximum absolute atomic E-state index is 5.40. The van der Waals surface area contributed by atoms with Crippen LogP contribution in [0.5, 0.6) is 0 Å². The van der Waals surface area contributed by atoms with Gasteiger partial charge in [0.2, 0.25) is 5.89 Å². The molecule has 0 spiro atoms. The molecule has 0 radical (unpaired) electrons. The highest BCUT2D eigenvalue weighted by Crippen LogP contribution is 2.33. The summed E-state index contributed by atoms with van der Waals surface area (Å²) in [6.45, 7) is 7.30. The lowest BCUT2D eigenvalue weighted by Crippen LogP contribution is -2.42. The molecule has 1 fully saturated rings. The van der Waals surface area contributed by atoms with Gasteiger partial charge in [-0.2, -0.15) is 0 Å². The van der Waals surface area contributed by atoms with E-state index in [4.69, 9.17) is 4.42 Å². The van der Waals surface area contributed by atoms with Crippen LogP contribution in [0.2, 0.25) is 0 Å². The molecule has 1 aromatic rings. The summed E-state index contributed by atoms with van der Waals surface area (Å²) in [7, 11) is 0. The van der Waals surface area contributed by atoms with Crippen LogP contribution in [0.25, 0.3) is 0 Å². The highest BCUT2D eigenvalue weighted by molar-refractivity contribution is 4.92. The lowest BCUT2D eigenvalue weighted by Gasteiger charge is -2.38. The maximum Gasteiger partial charge on any atom is 0.208 e. The van der Waals surface area contributed by atoms with E-state index in [1.54, 1.807) is 6.20 Å². The molecule has 0 amide bonds. The first-order valence-corrected chi connectivity index (χ1v) is 5.80. The molecule has 2 rings (SSSR count). The normalized spacial score (nSPS) is 25.6. The number of aryl methyl sites for hydroxylation is 1. The average Bonchev–Trinajstić information content (AvgIpc) is 2.48. The Morgan fingerprint density at radius 1 is 1.53 bits per heavy atom. The topological polar surface area (TPSA) is 38.1 Å². The first-order chi connectivity index (χ1) is 7.15. The van der Waals surface area contributed by atoms with Crippen molar-refractivity contribution in [1.29, 1.82) is 0 Å². The smallest absolute Gasteiger partial charge is 0.208 e. The quantitative estimate of drug-likeness (QED) is 0.826. The van der Waals surface area contributed by atoms with Gasteiger partial charge in [0.25, 0.3) is 0 Å². The molecule has 1 heterocycles. The van der Waals surface area contributed by atoms with Crippen LogP contribution in [-0.4, -0.2) is 11.0 Å². The van der Waals surface area contributed by atoms with E-state index >= 15 is 0 Å². The number of nitrogens with zero attached hydrogens (tertiary/aromatic N) is 1. The molecule has 0 aromatic carbocycles. The molecule has 1 aliphatic carbocycles. The van der Waals surface area contributed by atoms with Crippen molar-refractivity contribution in [2.45, 2.75) is 46.2 Å². The minimum absolute atomic E-state index is 0.671. The number of nitrogens with one attached hydrogen (secondary N) is 1. The molecule has 1 aliphatic rings. The van der Waals surface area contributed by atoms with Crippen molar-refractivity contribution in [3.63, 3.8) is 0 Å². The zero-order chi connectivity index (χ0) is 10.8. The van der Waals surface area contributed by atoms with Crippen molar-refractivity contribution in [3.8, 4) is 0 Å². The van der Waals surface area contributed by atoms with Gasteiger partial charge in [-0.1, -0.05) is 13.8 Å². The summed E-state index contributed by atoms with van der Waals surface area (Å²) in [5, 5.41) is 3.48. The lowest BCUT2D eigenvalue weighted by atomic mass is 9.74. The van der Waals surface area contributed by atoms with E-state index in [9.17, 15) is 0 Å². The summed E-state index contributed by atoms with van der Waals surface area (Å²) < 4.78 is 5.40. The van der Waals surface area contributed by atoms with Crippen molar-refractivity contribution < 1.29 is 4.42 Å². The van der Waals surface area contributed by atoms with Crippen molar-refractivity contribution >= 4 is 0 Å². The minimum atomic E-state index is 0.671. The lowest BCUT2D eigenvalue weighted by molar-refractivity contribution is 0.164. The van der Waals surface area contributed by atoms with Gasteiger partial charge < -0.3 is 9.73 Å². The molecular formula is C12H20N2O. The van der Waals surface area contributed by atoms with Crippen molar-refractivity contribution in [3.05, 3.63) is 17.8 Å². The van der Waals surface area contributed by atoms with Crippen LogP contribution in [0.3, 0.4) is 0 Å². The number of hydrogen-bond acceptors (Lipinski definition) is 3. The predicted octanol–water partition coefficient (Wildman–Crippen LogP) is 2.51. The maximum atomic E-state index is 5.40. The third kappa shape index (κ3) is 2.59. The summed E-state index contributed by atoms with van der Waals surface area (Å²) in [4.78, 5) is 4.17. The molecule has 0 atom stereocenters. The second-order valence-electron chi connectivity index (χ2n) is 4.92. The van der Waals surface area contributed by atoms with Gasteiger partial charge in [-0.25, -0.2) is 4.98 Å². The second kappa shape index (κ2) is 4.35. The van der Waals surface area contributed by atoms with Crippen LogP contribution in [0.4, 0.5) is 0 Å². The van der Waals surface area contributed by atoms with Crippen molar-refractivity contribution in [2.75, 3.05) is 0 Å². The third-order valence-electron chi connectivity index (χ3n) is 3.33. The molecule has 0 bridgehead atoms. The average molecular weight is 208 g/mol. The number of hydrogen-bond donors (Lipinski definition) is 1. The number of rotatable bonds is 4. The summed E-state index contributed by atoms with van der Waals surface area (Å²) in [6, 6.07) is 0.671. The summed E-state index contributed by atoms with van der Waals surface area (Å²) in [6.07, 6.45) is 4.38. The fourth-order valence-corrected chi connectivity index (χ4v) is 2.09. The van der Waals surface area contributed by atoms with Gasteiger partial charge >= 0.3 is 0 Å². The minimum Gasteiger partial charge on any atom is -0.445 e. The van der Waals surface area contributed by atoms with E-state index in [2.05, 4.69) is 24.1 Å². The van der Waals surface area contributed by atoms with Crippen LogP contribution < -0.4 is 5.32 Å². The Hall–Kier alpha value is -0.830. The predicted molar refractivity (Wildman–Crippen MR) is 59.4 cm³/mol.